The van der Waals surface area contributed by atoms with E-state index in [0.29, 0.717) is 6.04 Å². The molecule has 0 aliphatic carbocycles. The van der Waals surface area contributed by atoms with Crippen molar-refractivity contribution in [2.75, 3.05) is 44.6 Å². The zero-order chi connectivity index (χ0) is 14.8. The molecule has 1 N–H and O–H groups in total. The Kier molecular flexibility index (Phi) is 4.05. The molecule has 6 heteroatoms. The highest BCUT2D eigenvalue weighted by Crippen LogP contribution is 2.20. The fourth-order valence-electron chi connectivity index (χ4n) is 3.29. The Morgan fingerprint density at radius 1 is 1.09 bits per heavy atom. The predicted octanol–water partition coefficient (Wildman–Crippen LogP) is 1.54. The van der Waals surface area contributed by atoms with Gasteiger partial charge < -0.3 is 5.32 Å². The first-order valence-electron chi connectivity index (χ1n) is 7.93. The summed E-state index contributed by atoms with van der Waals surface area (Å²) in [6, 6.07) is 11.1. The molecule has 3 aliphatic heterocycles. The van der Waals surface area contributed by atoms with Gasteiger partial charge >= 0.3 is 0 Å². The van der Waals surface area contributed by atoms with Crippen LogP contribution in [0.1, 0.15) is 10.6 Å². The Bertz CT molecular complexity index is 606. The van der Waals surface area contributed by atoms with E-state index in [0.717, 1.165) is 23.1 Å². The average Bonchev–Trinajstić information content (AvgIpc) is 3.02. The van der Waals surface area contributed by atoms with Gasteiger partial charge in [-0.1, -0.05) is 41.7 Å². The van der Waals surface area contributed by atoms with E-state index in [1.807, 2.05) is 6.07 Å². The van der Waals surface area contributed by atoms with Crippen molar-refractivity contribution in [1.82, 2.24) is 20.0 Å². The first-order chi connectivity index (χ1) is 10.9. The van der Waals surface area contributed by atoms with E-state index < -0.39 is 0 Å². The first-order valence-corrected chi connectivity index (χ1v) is 8.75. The van der Waals surface area contributed by atoms with E-state index >= 15 is 0 Å². The third-order valence-corrected chi connectivity index (χ3v) is 5.43. The Morgan fingerprint density at radius 2 is 1.91 bits per heavy atom. The predicted molar refractivity (Wildman–Crippen MR) is 89.4 cm³/mol. The highest BCUT2D eigenvalue weighted by atomic mass is 32.1. The molecule has 0 amide bonds. The minimum absolute atomic E-state index is 0.615. The van der Waals surface area contributed by atoms with Gasteiger partial charge in [-0.2, -0.15) is 0 Å². The molecule has 0 saturated carbocycles. The SMILES string of the molecule is c1ccc(Cc2nnc(NCC3CN4CCN3CC4)s2)cc1. The van der Waals surface area contributed by atoms with Gasteiger partial charge in [-0.15, -0.1) is 10.2 Å². The number of benzene rings is 1. The van der Waals surface area contributed by atoms with Gasteiger partial charge in [0, 0.05) is 51.7 Å². The highest BCUT2D eigenvalue weighted by molar-refractivity contribution is 7.15. The molecule has 1 aromatic heterocycles. The molecular formula is C16H21N5S. The monoisotopic (exact) mass is 315 g/mol. The van der Waals surface area contributed by atoms with E-state index in [2.05, 4.69) is 49.6 Å². The van der Waals surface area contributed by atoms with E-state index in [1.165, 1.54) is 38.3 Å². The minimum Gasteiger partial charge on any atom is -0.358 e. The third kappa shape index (κ3) is 3.14. The lowest BCUT2D eigenvalue weighted by atomic mass is 10.1. The summed E-state index contributed by atoms with van der Waals surface area (Å²) in [5.41, 5.74) is 1.29. The van der Waals surface area contributed by atoms with Crippen molar-refractivity contribution in [2.45, 2.75) is 12.5 Å². The number of fused-ring (bicyclic) bond motifs is 3. The molecule has 3 aliphatic rings. The smallest absolute Gasteiger partial charge is 0.205 e. The lowest BCUT2D eigenvalue weighted by Crippen LogP contribution is -2.62. The lowest BCUT2D eigenvalue weighted by Gasteiger charge is -2.47. The van der Waals surface area contributed by atoms with Gasteiger partial charge in [0.1, 0.15) is 5.01 Å². The van der Waals surface area contributed by atoms with Crippen LogP contribution >= 0.6 is 11.3 Å². The number of aromatic nitrogens is 2. The van der Waals surface area contributed by atoms with E-state index in [9.17, 15) is 0 Å². The molecule has 3 fully saturated rings. The molecule has 116 valence electrons. The molecule has 3 saturated heterocycles. The fourth-order valence-corrected chi connectivity index (χ4v) is 4.07. The molecule has 4 heterocycles. The number of hydrogen-bond donors (Lipinski definition) is 1. The molecular weight excluding hydrogens is 294 g/mol. The number of piperazine rings is 3. The van der Waals surface area contributed by atoms with Crippen molar-refractivity contribution >= 4 is 16.5 Å². The van der Waals surface area contributed by atoms with Crippen molar-refractivity contribution in [1.29, 1.82) is 0 Å². The average molecular weight is 315 g/mol. The molecule has 2 bridgehead atoms. The number of nitrogens with one attached hydrogen (secondary N) is 1. The van der Waals surface area contributed by atoms with Crippen molar-refractivity contribution in [3.63, 3.8) is 0 Å². The molecule has 0 spiro atoms. The number of rotatable bonds is 5. The summed E-state index contributed by atoms with van der Waals surface area (Å²) in [5.74, 6) is 0. The first kappa shape index (κ1) is 14.1. The standard InChI is InChI=1S/C16H21N5S/c1-2-4-13(5-3-1)10-15-18-19-16(22-15)17-11-14-12-20-6-8-21(14)9-7-20/h1-5,14H,6-12H2,(H,17,19). The quantitative estimate of drug-likeness (QED) is 0.907. The molecule has 1 aromatic carbocycles. The van der Waals surface area contributed by atoms with E-state index in [-0.39, 0.29) is 0 Å². The van der Waals surface area contributed by atoms with Crippen molar-refractivity contribution < 1.29 is 0 Å². The molecule has 0 radical (unpaired) electrons. The van der Waals surface area contributed by atoms with Crippen LogP contribution < -0.4 is 5.32 Å². The number of anilines is 1. The lowest BCUT2D eigenvalue weighted by molar-refractivity contribution is 0.0189. The Morgan fingerprint density at radius 3 is 2.64 bits per heavy atom. The van der Waals surface area contributed by atoms with Crippen LogP contribution in [0.4, 0.5) is 5.13 Å². The molecule has 2 aromatic rings. The van der Waals surface area contributed by atoms with Gasteiger partial charge in [0.25, 0.3) is 0 Å². The molecule has 1 atom stereocenters. The van der Waals surface area contributed by atoms with E-state index in [1.54, 1.807) is 11.3 Å². The molecule has 5 rings (SSSR count). The Labute approximate surface area is 135 Å². The number of hydrogen-bond acceptors (Lipinski definition) is 6. The maximum absolute atomic E-state index is 4.31. The van der Waals surface area contributed by atoms with Crippen LogP contribution in [0.25, 0.3) is 0 Å². The van der Waals surface area contributed by atoms with Crippen LogP contribution in [0.3, 0.4) is 0 Å². The number of nitrogens with zero attached hydrogens (tertiary/aromatic N) is 4. The molecule has 1 unspecified atom stereocenters. The zero-order valence-electron chi connectivity index (χ0n) is 12.6. The summed E-state index contributed by atoms with van der Waals surface area (Å²) >= 11 is 1.67. The van der Waals surface area contributed by atoms with Crippen molar-refractivity contribution in [3.8, 4) is 0 Å². The Balaban J connectivity index is 1.32. The summed E-state index contributed by atoms with van der Waals surface area (Å²) in [6.45, 7) is 7.04. The maximum atomic E-state index is 4.31. The molecule has 5 nitrogen and oxygen atoms in total. The second-order valence-corrected chi connectivity index (χ2v) is 7.10. The van der Waals surface area contributed by atoms with Gasteiger partial charge in [0.2, 0.25) is 5.13 Å². The summed E-state index contributed by atoms with van der Waals surface area (Å²) < 4.78 is 0. The zero-order valence-corrected chi connectivity index (χ0v) is 13.4. The van der Waals surface area contributed by atoms with Crippen LogP contribution in [-0.2, 0) is 6.42 Å². The summed E-state index contributed by atoms with van der Waals surface area (Å²) in [6.07, 6.45) is 0.865. The maximum Gasteiger partial charge on any atom is 0.205 e. The van der Waals surface area contributed by atoms with Crippen LogP contribution in [0, 0.1) is 0 Å². The summed E-state index contributed by atoms with van der Waals surface area (Å²) in [5, 5.41) is 14.1. The van der Waals surface area contributed by atoms with Crippen LogP contribution in [0.5, 0.6) is 0 Å². The largest absolute Gasteiger partial charge is 0.358 e. The van der Waals surface area contributed by atoms with Gasteiger partial charge in [-0.3, -0.25) is 9.80 Å². The van der Waals surface area contributed by atoms with Crippen LogP contribution in [0.15, 0.2) is 30.3 Å². The van der Waals surface area contributed by atoms with Crippen LogP contribution in [0.2, 0.25) is 0 Å². The van der Waals surface area contributed by atoms with Gasteiger partial charge in [-0.05, 0) is 5.56 Å². The fraction of sp³-hybridized carbons (Fsp3) is 0.500. The highest BCUT2D eigenvalue weighted by Gasteiger charge is 2.31. The minimum atomic E-state index is 0.615. The van der Waals surface area contributed by atoms with Crippen molar-refractivity contribution in [2.24, 2.45) is 0 Å². The normalized spacial score (nSPS) is 27.0. The second-order valence-electron chi connectivity index (χ2n) is 6.03. The van der Waals surface area contributed by atoms with Gasteiger partial charge in [-0.25, -0.2) is 0 Å². The Hall–Kier alpha value is -1.50. The van der Waals surface area contributed by atoms with Crippen LogP contribution in [-0.4, -0.2) is 65.3 Å². The molecule has 22 heavy (non-hydrogen) atoms. The van der Waals surface area contributed by atoms with E-state index in [4.69, 9.17) is 0 Å². The summed E-state index contributed by atoms with van der Waals surface area (Å²) in [4.78, 5) is 5.16. The topological polar surface area (TPSA) is 44.3 Å². The summed E-state index contributed by atoms with van der Waals surface area (Å²) in [7, 11) is 0. The van der Waals surface area contributed by atoms with Gasteiger partial charge in [0.15, 0.2) is 0 Å². The third-order valence-electron chi connectivity index (χ3n) is 4.55. The van der Waals surface area contributed by atoms with Crippen molar-refractivity contribution in [3.05, 3.63) is 40.9 Å². The van der Waals surface area contributed by atoms with Gasteiger partial charge in [0.05, 0.1) is 0 Å². The second kappa shape index (κ2) is 6.32.